The van der Waals surface area contributed by atoms with Crippen LogP contribution in [0.1, 0.15) is 24.3 Å². The van der Waals surface area contributed by atoms with Gasteiger partial charge in [-0.2, -0.15) is 16.8 Å². The zero-order chi connectivity index (χ0) is 15.9. The topological polar surface area (TPSA) is 86.7 Å². The van der Waals surface area contributed by atoms with Crippen molar-refractivity contribution < 1.29 is 25.2 Å². The summed E-state index contributed by atoms with van der Waals surface area (Å²) in [5.41, 5.74) is 0.992. The molecule has 8 heteroatoms. The first-order valence-corrected chi connectivity index (χ1v) is 10.0. The maximum Gasteiger partial charge on any atom is 0.264 e. The van der Waals surface area contributed by atoms with Crippen LogP contribution in [0.15, 0.2) is 30.3 Å². The molecule has 0 spiro atoms. The molecular formula is C13H20O6S2. The molecule has 0 saturated heterocycles. The molecule has 0 aliphatic carbocycles. The Hall–Kier alpha value is -0.960. The molecule has 0 fully saturated rings. The number of rotatable bonds is 9. The molecule has 0 bridgehead atoms. The van der Waals surface area contributed by atoms with Gasteiger partial charge >= 0.3 is 0 Å². The molecule has 21 heavy (non-hydrogen) atoms. The molecule has 6 nitrogen and oxygen atoms in total. The summed E-state index contributed by atoms with van der Waals surface area (Å²) < 4.78 is 53.4. The molecule has 0 amide bonds. The summed E-state index contributed by atoms with van der Waals surface area (Å²) in [6, 6.07) is 9.44. The predicted octanol–water partition coefficient (Wildman–Crippen LogP) is 1.50. The van der Waals surface area contributed by atoms with Crippen LogP contribution in [0.2, 0.25) is 0 Å². The Morgan fingerprint density at radius 1 is 0.857 bits per heavy atom. The van der Waals surface area contributed by atoms with Crippen LogP contribution in [0.3, 0.4) is 0 Å². The Bertz CT molecular complexity index is 584. The van der Waals surface area contributed by atoms with Crippen molar-refractivity contribution in [3.05, 3.63) is 35.9 Å². The third-order valence-corrected chi connectivity index (χ3v) is 3.99. The lowest BCUT2D eigenvalue weighted by Crippen LogP contribution is -2.12. The quantitative estimate of drug-likeness (QED) is 0.635. The van der Waals surface area contributed by atoms with Crippen molar-refractivity contribution in [2.75, 3.05) is 25.7 Å². The molecule has 0 heterocycles. The Morgan fingerprint density at radius 2 is 1.29 bits per heavy atom. The molecule has 0 atom stereocenters. The second-order valence-electron chi connectivity index (χ2n) is 4.74. The standard InChI is InChI=1S/C13H20O6S2/c1-20(14,15)18-10-8-13(9-11-19-21(2,16)17)12-6-4-3-5-7-12/h3-7,13H,8-11H2,1-2H3. The summed E-state index contributed by atoms with van der Waals surface area (Å²) in [5.74, 6) is -0.0327. The normalized spacial score (nSPS) is 12.7. The van der Waals surface area contributed by atoms with E-state index in [1.54, 1.807) is 0 Å². The van der Waals surface area contributed by atoms with E-state index in [4.69, 9.17) is 8.37 Å². The zero-order valence-corrected chi connectivity index (χ0v) is 13.7. The van der Waals surface area contributed by atoms with Gasteiger partial charge in [-0.3, -0.25) is 8.37 Å². The van der Waals surface area contributed by atoms with E-state index in [-0.39, 0.29) is 19.1 Å². The van der Waals surface area contributed by atoms with Gasteiger partial charge in [0.2, 0.25) is 0 Å². The van der Waals surface area contributed by atoms with Crippen LogP contribution >= 0.6 is 0 Å². The third-order valence-electron chi connectivity index (χ3n) is 2.80. The van der Waals surface area contributed by atoms with Gasteiger partial charge in [0.15, 0.2) is 0 Å². The van der Waals surface area contributed by atoms with Crippen LogP contribution in [0.5, 0.6) is 0 Å². The monoisotopic (exact) mass is 336 g/mol. The zero-order valence-electron chi connectivity index (χ0n) is 12.1. The minimum atomic E-state index is -3.47. The van der Waals surface area contributed by atoms with E-state index in [1.165, 1.54) is 0 Å². The highest BCUT2D eigenvalue weighted by Crippen LogP contribution is 2.23. The molecule has 0 radical (unpaired) electrons. The number of benzene rings is 1. The molecule has 0 unspecified atom stereocenters. The molecule has 1 rings (SSSR count). The average molecular weight is 336 g/mol. The van der Waals surface area contributed by atoms with E-state index in [2.05, 4.69) is 0 Å². The van der Waals surface area contributed by atoms with E-state index in [0.717, 1.165) is 18.1 Å². The first-order valence-electron chi connectivity index (χ1n) is 6.41. The first-order chi connectivity index (χ1) is 9.67. The summed E-state index contributed by atoms with van der Waals surface area (Å²) in [5, 5.41) is 0. The van der Waals surface area contributed by atoms with E-state index in [0.29, 0.717) is 12.8 Å². The molecular weight excluding hydrogens is 316 g/mol. The van der Waals surface area contributed by atoms with Crippen LogP contribution in [0, 0.1) is 0 Å². The SMILES string of the molecule is CS(=O)(=O)OCCC(CCOS(C)(=O)=O)c1ccccc1. The summed E-state index contributed by atoms with van der Waals surface area (Å²) in [7, 11) is -6.95. The van der Waals surface area contributed by atoms with Crippen LogP contribution in [-0.4, -0.2) is 42.6 Å². The van der Waals surface area contributed by atoms with Gasteiger partial charge in [-0.25, -0.2) is 0 Å². The molecule has 1 aromatic carbocycles. The summed E-state index contributed by atoms with van der Waals surface area (Å²) in [6.45, 7) is 0.106. The highest BCUT2D eigenvalue weighted by molar-refractivity contribution is 7.86. The molecule has 120 valence electrons. The fraction of sp³-hybridized carbons (Fsp3) is 0.538. The number of hydrogen-bond acceptors (Lipinski definition) is 6. The van der Waals surface area contributed by atoms with E-state index < -0.39 is 20.2 Å². The highest BCUT2D eigenvalue weighted by Gasteiger charge is 2.14. The van der Waals surface area contributed by atoms with Gasteiger partial charge < -0.3 is 0 Å². The average Bonchev–Trinajstić information content (AvgIpc) is 2.35. The van der Waals surface area contributed by atoms with Gasteiger partial charge in [-0.15, -0.1) is 0 Å². The summed E-state index contributed by atoms with van der Waals surface area (Å²) >= 11 is 0. The molecule has 1 aromatic rings. The van der Waals surface area contributed by atoms with Gasteiger partial charge in [0.05, 0.1) is 25.7 Å². The fourth-order valence-electron chi connectivity index (χ4n) is 1.89. The summed E-state index contributed by atoms with van der Waals surface area (Å²) in [6.07, 6.45) is 2.92. The lowest BCUT2D eigenvalue weighted by Gasteiger charge is -2.16. The predicted molar refractivity (Wildman–Crippen MR) is 80.0 cm³/mol. The Labute approximate surface area is 126 Å². The maximum absolute atomic E-state index is 11.0. The van der Waals surface area contributed by atoms with E-state index >= 15 is 0 Å². The van der Waals surface area contributed by atoms with Crippen molar-refractivity contribution in [1.82, 2.24) is 0 Å². The smallest absolute Gasteiger partial charge is 0.264 e. The van der Waals surface area contributed by atoms with Crippen LogP contribution in [0.25, 0.3) is 0 Å². The largest absolute Gasteiger partial charge is 0.270 e. The molecule has 0 saturated carbocycles. The molecule has 0 N–H and O–H groups in total. The van der Waals surface area contributed by atoms with Crippen LogP contribution in [0.4, 0.5) is 0 Å². The van der Waals surface area contributed by atoms with Crippen molar-refractivity contribution >= 4 is 20.2 Å². The molecule has 0 aliphatic rings. The second kappa shape index (κ2) is 7.88. The fourth-order valence-corrected chi connectivity index (χ4v) is 2.68. The molecule has 0 aromatic heterocycles. The van der Waals surface area contributed by atoms with E-state index in [1.807, 2.05) is 30.3 Å². The highest BCUT2D eigenvalue weighted by atomic mass is 32.2. The van der Waals surface area contributed by atoms with Crippen molar-refractivity contribution in [1.29, 1.82) is 0 Å². The Balaban J connectivity index is 2.62. The second-order valence-corrected chi connectivity index (χ2v) is 8.03. The lowest BCUT2D eigenvalue weighted by atomic mass is 9.93. The Kier molecular flexibility index (Phi) is 6.79. The van der Waals surface area contributed by atoms with Crippen LogP contribution in [-0.2, 0) is 28.6 Å². The van der Waals surface area contributed by atoms with Crippen molar-refractivity contribution in [2.24, 2.45) is 0 Å². The van der Waals surface area contributed by atoms with Gasteiger partial charge in [0.25, 0.3) is 20.2 Å². The molecule has 0 aliphatic heterocycles. The van der Waals surface area contributed by atoms with Crippen molar-refractivity contribution in [3.63, 3.8) is 0 Å². The lowest BCUT2D eigenvalue weighted by molar-refractivity contribution is 0.271. The van der Waals surface area contributed by atoms with Crippen LogP contribution < -0.4 is 0 Å². The summed E-state index contributed by atoms with van der Waals surface area (Å²) in [4.78, 5) is 0. The maximum atomic E-state index is 11.0. The van der Waals surface area contributed by atoms with Gasteiger partial charge in [-0.1, -0.05) is 30.3 Å². The van der Waals surface area contributed by atoms with Crippen molar-refractivity contribution in [2.45, 2.75) is 18.8 Å². The van der Waals surface area contributed by atoms with Gasteiger partial charge in [0, 0.05) is 0 Å². The number of hydrogen-bond donors (Lipinski definition) is 0. The Morgan fingerprint density at radius 3 is 1.67 bits per heavy atom. The van der Waals surface area contributed by atoms with Gasteiger partial charge in [-0.05, 0) is 24.3 Å². The third kappa shape index (κ3) is 8.82. The minimum Gasteiger partial charge on any atom is -0.270 e. The van der Waals surface area contributed by atoms with Crippen molar-refractivity contribution in [3.8, 4) is 0 Å². The first kappa shape index (κ1) is 18.1. The van der Waals surface area contributed by atoms with E-state index in [9.17, 15) is 16.8 Å². The van der Waals surface area contributed by atoms with Gasteiger partial charge in [0.1, 0.15) is 0 Å². The minimum absolute atomic E-state index is 0.0327.